The molecule has 0 aliphatic heterocycles. The molecule has 0 spiro atoms. The zero-order valence-electron chi connectivity index (χ0n) is 16.0. The molecule has 3 rings (SSSR count). The Bertz CT molecular complexity index is 982. The van der Waals surface area contributed by atoms with Gasteiger partial charge in [-0.05, 0) is 36.2 Å². The molecular formula is C22H23N3O3. The second-order valence-corrected chi connectivity index (χ2v) is 6.44. The minimum absolute atomic E-state index is 0.240. The maximum Gasteiger partial charge on any atom is 0.274 e. The van der Waals surface area contributed by atoms with E-state index in [0.717, 1.165) is 16.9 Å². The summed E-state index contributed by atoms with van der Waals surface area (Å²) in [6.45, 7) is 3.31. The van der Waals surface area contributed by atoms with Gasteiger partial charge >= 0.3 is 0 Å². The van der Waals surface area contributed by atoms with Gasteiger partial charge < -0.3 is 9.64 Å². The van der Waals surface area contributed by atoms with Gasteiger partial charge in [-0.25, -0.2) is 4.68 Å². The van der Waals surface area contributed by atoms with E-state index in [1.54, 1.807) is 11.9 Å². The fourth-order valence-electron chi connectivity index (χ4n) is 2.83. The van der Waals surface area contributed by atoms with E-state index in [9.17, 15) is 9.59 Å². The molecule has 1 aromatic heterocycles. The number of carbonyl (C=O) groups excluding carboxylic acids is 1. The molecule has 1 heterocycles. The molecule has 2 aromatic carbocycles. The highest BCUT2D eigenvalue weighted by Crippen LogP contribution is 2.14. The molecule has 0 bridgehead atoms. The lowest BCUT2D eigenvalue weighted by Gasteiger charge is -2.17. The quantitative estimate of drug-likeness (QED) is 0.635. The Hall–Kier alpha value is -3.41. The first-order valence-corrected chi connectivity index (χ1v) is 9.16. The van der Waals surface area contributed by atoms with E-state index < -0.39 is 0 Å². The lowest BCUT2D eigenvalue weighted by atomic mass is 10.2. The summed E-state index contributed by atoms with van der Waals surface area (Å²) in [5.74, 6) is 0.561. The number of rotatable bonds is 7. The van der Waals surface area contributed by atoms with E-state index in [1.165, 1.54) is 16.8 Å². The summed E-state index contributed by atoms with van der Waals surface area (Å²) in [6, 6.07) is 20.0. The number of amides is 1. The molecule has 0 aliphatic carbocycles. The van der Waals surface area contributed by atoms with Crippen LogP contribution in [0, 0.1) is 0 Å². The molecule has 0 atom stereocenters. The topological polar surface area (TPSA) is 64.4 Å². The van der Waals surface area contributed by atoms with E-state index in [4.69, 9.17) is 4.74 Å². The van der Waals surface area contributed by atoms with Gasteiger partial charge in [0.25, 0.3) is 11.5 Å². The third-order valence-corrected chi connectivity index (χ3v) is 4.26. The number of hydrogen-bond acceptors (Lipinski definition) is 4. The molecular weight excluding hydrogens is 354 g/mol. The minimum Gasteiger partial charge on any atom is -0.494 e. The minimum atomic E-state index is -0.241. The van der Waals surface area contributed by atoms with Gasteiger partial charge in [0.05, 0.1) is 13.2 Å². The maximum absolute atomic E-state index is 12.8. The normalized spacial score (nSPS) is 10.5. The number of benzene rings is 2. The van der Waals surface area contributed by atoms with Crippen LogP contribution >= 0.6 is 0 Å². The summed E-state index contributed by atoms with van der Waals surface area (Å²) in [6.07, 6.45) is 0. The number of aromatic nitrogens is 2. The molecule has 6 heteroatoms. The first kappa shape index (κ1) is 19.4. The van der Waals surface area contributed by atoms with Crippen LogP contribution in [0.25, 0.3) is 0 Å². The number of hydrogen-bond donors (Lipinski definition) is 0. The Morgan fingerprint density at radius 2 is 1.71 bits per heavy atom. The molecule has 0 N–H and O–H groups in total. The molecule has 0 saturated heterocycles. The van der Waals surface area contributed by atoms with Crippen molar-refractivity contribution in [3.63, 3.8) is 0 Å². The van der Waals surface area contributed by atoms with Crippen molar-refractivity contribution in [1.29, 1.82) is 0 Å². The lowest BCUT2D eigenvalue weighted by molar-refractivity contribution is 0.0776. The van der Waals surface area contributed by atoms with Gasteiger partial charge in [-0.1, -0.05) is 42.5 Å². The summed E-state index contributed by atoms with van der Waals surface area (Å²) < 4.78 is 6.75. The largest absolute Gasteiger partial charge is 0.494 e. The van der Waals surface area contributed by atoms with Gasteiger partial charge in [0, 0.05) is 19.7 Å². The monoisotopic (exact) mass is 377 g/mol. The van der Waals surface area contributed by atoms with Crippen LogP contribution in [0.4, 0.5) is 0 Å². The van der Waals surface area contributed by atoms with Crippen molar-refractivity contribution in [2.75, 3.05) is 13.7 Å². The molecule has 3 aromatic rings. The van der Waals surface area contributed by atoms with Crippen LogP contribution in [0.1, 0.15) is 28.5 Å². The van der Waals surface area contributed by atoms with E-state index in [2.05, 4.69) is 5.10 Å². The third-order valence-electron chi connectivity index (χ3n) is 4.26. The number of carbonyl (C=O) groups is 1. The molecule has 0 radical (unpaired) electrons. The summed E-state index contributed by atoms with van der Waals surface area (Å²) in [4.78, 5) is 26.4. The maximum atomic E-state index is 12.8. The predicted octanol–water partition coefficient (Wildman–Crippen LogP) is 2.96. The first-order chi connectivity index (χ1) is 13.6. The smallest absolute Gasteiger partial charge is 0.274 e. The van der Waals surface area contributed by atoms with Crippen molar-refractivity contribution in [2.24, 2.45) is 0 Å². The van der Waals surface area contributed by atoms with Crippen molar-refractivity contribution in [3.8, 4) is 5.75 Å². The van der Waals surface area contributed by atoms with E-state index in [0.29, 0.717) is 19.7 Å². The highest BCUT2D eigenvalue weighted by Gasteiger charge is 2.15. The predicted molar refractivity (Wildman–Crippen MR) is 107 cm³/mol. The van der Waals surface area contributed by atoms with Gasteiger partial charge in [-0.2, -0.15) is 5.10 Å². The first-order valence-electron chi connectivity index (χ1n) is 9.16. The molecule has 144 valence electrons. The van der Waals surface area contributed by atoms with Gasteiger partial charge in [0.1, 0.15) is 11.4 Å². The third kappa shape index (κ3) is 4.85. The standard InChI is InChI=1S/C22H23N3O3/c1-3-28-19-11-9-18(10-12-19)15-24(2)22(27)20-13-14-21(26)25(23-20)16-17-7-5-4-6-8-17/h4-14H,3,15-16H2,1-2H3. The van der Waals surface area contributed by atoms with Crippen LogP contribution in [0.3, 0.4) is 0 Å². The molecule has 0 unspecified atom stereocenters. The summed E-state index contributed by atoms with van der Waals surface area (Å²) in [5.41, 5.74) is 1.93. The Morgan fingerprint density at radius 3 is 2.39 bits per heavy atom. The SMILES string of the molecule is CCOc1ccc(CN(C)C(=O)c2ccc(=O)n(Cc3ccccc3)n2)cc1. The fraction of sp³-hybridized carbons (Fsp3) is 0.227. The average molecular weight is 377 g/mol. The second-order valence-electron chi connectivity index (χ2n) is 6.44. The van der Waals surface area contributed by atoms with Crippen molar-refractivity contribution in [2.45, 2.75) is 20.0 Å². The molecule has 0 fully saturated rings. The number of nitrogens with zero attached hydrogens (tertiary/aromatic N) is 3. The van der Waals surface area contributed by atoms with Crippen LogP contribution in [-0.2, 0) is 13.1 Å². The summed E-state index contributed by atoms with van der Waals surface area (Å²) in [7, 11) is 1.72. The van der Waals surface area contributed by atoms with Crippen LogP contribution in [0.5, 0.6) is 5.75 Å². The van der Waals surface area contributed by atoms with Crippen LogP contribution in [0.2, 0.25) is 0 Å². The Labute approximate surface area is 164 Å². The lowest BCUT2D eigenvalue weighted by Crippen LogP contribution is -2.31. The molecule has 1 amide bonds. The zero-order chi connectivity index (χ0) is 19.9. The molecule has 0 saturated carbocycles. The Morgan fingerprint density at radius 1 is 1.00 bits per heavy atom. The van der Waals surface area contributed by atoms with Crippen LogP contribution in [-0.4, -0.2) is 34.2 Å². The molecule has 28 heavy (non-hydrogen) atoms. The number of ether oxygens (including phenoxy) is 1. The van der Waals surface area contributed by atoms with Gasteiger partial charge in [0.2, 0.25) is 0 Å². The average Bonchev–Trinajstić information content (AvgIpc) is 2.71. The van der Waals surface area contributed by atoms with Crippen LogP contribution in [0.15, 0.2) is 71.5 Å². The van der Waals surface area contributed by atoms with Crippen molar-refractivity contribution in [1.82, 2.24) is 14.7 Å². The summed E-state index contributed by atoms with van der Waals surface area (Å²) >= 11 is 0. The van der Waals surface area contributed by atoms with Crippen molar-refractivity contribution in [3.05, 3.63) is 93.9 Å². The van der Waals surface area contributed by atoms with Gasteiger partial charge in [-0.15, -0.1) is 0 Å². The highest BCUT2D eigenvalue weighted by molar-refractivity contribution is 5.91. The van der Waals surface area contributed by atoms with Gasteiger partial charge in [0.15, 0.2) is 0 Å². The second kappa shape index (κ2) is 8.99. The summed E-state index contributed by atoms with van der Waals surface area (Å²) in [5, 5.41) is 4.26. The molecule has 0 aliphatic rings. The van der Waals surface area contributed by atoms with Crippen LogP contribution < -0.4 is 10.3 Å². The Kier molecular flexibility index (Phi) is 6.22. The van der Waals surface area contributed by atoms with E-state index >= 15 is 0 Å². The fourth-order valence-corrected chi connectivity index (χ4v) is 2.83. The van der Waals surface area contributed by atoms with E-state index in [-0.39, 0.29) is 17.2 Å². The Balaban J connectivity index is 1.72. The van der Waals surface area contributed by atoms with Crippen molar-refractivity contribution < 1.29 is 9.53 Å². The van der Waals surface area contributed by atoms with E-state index in [1.807, 2.05) is 61.5 Å². The van der Waals surface area contributed by atoms with Crippen molar-refractivity contribution >= 4 is 5.91 Å². The highest BCUT2D eigenvalue weighted by atomic mass is 16.5. The molecule has 6 nitrogen and oxygen atoms in total. The zero-order valence-corrected chi connectivity index (χ0v) is 16.0. The van der Waals surface area contributed by atoms with Gasteiger partial charge in [-0.3, -0.25) is 9.59 Å².